The standard InChI is InChI=1S/C17H22ClNO3S/c1-3-7-15(20)19-14(17(21)22-10-4-2)11-23-16(19)12-8-5-6-9-13(12)18/h5-6,8-9,14,16H,3-4,7,10-11H2,1-2H3/t14-,16-/m0/s1. The van der Waals surface area contributed by atoms with Gasteiger partial charge in [0.2, 0.25) is 5.91 Å². The van der Waals surface area contributed by atoms with Crippen LogP contribution in [0.5, 0.6) is 0 Å². The first-order valence-electron chi connectivity index (χ1n) is 7.94. The van der Waals surface area contributed by atoms with Crippen molar-refractivity contribution in [3.63, 3.8) is 0 Å². The van der Waals surface area contributed by atoms with Crippen LogP contribution in [0, 0.1) is 0 Å². The molecule has 0 aromatic heterocycles. The van der Waals surface area contributed by atoms with E-state index in [9.17, 15) is 9.59 Å². The van der Waals surface area contributed by atoms with Gasteiger partial charge in [0.25, 0.3) is 0 Å². The van der Waals surface area contributed by atoms with Crippen LogP contribution in [-0.4, -0.2) is 35.2 Å². The molecule has 0 saturated carbocycles. The molecular formula is C17H22ClNO3S. The molecule has 0 radical (unpaired) electrons. The molecule has 2 rings (SSSR count). The minimum absolute atomic E-state index is 0.0270. The lowest BCUT2D eigenvalue weighted by atomic mass is 10.1. The Labute approximate surface area is 146 Å². The second-order valence-corrected chi connectivity index (χ2v) is 6.96. The molecule has 1 aliphatic rings. The number of benzene rings is 1. The van der Waals surface area contributed by atoms with Gasteiger partial charge in [-0.15, -0.1) is 11.8 Å². The Morgan fingerprint density at radius 1 is 1.30 bits per heavy atom. The highest BCUT2D eigenvalue weighted by molar-refractivity contribution is 7.99. The van der Waals surface area contributed by atoms with Crippen LogP contribution in [0.4, 0.5) is 0 Å². The van der Waals surface area contributed by atoms with Crippen molar-refractivity contribution < 1.29 is 14.3 Å². The predicted octanol–water partition coefficient (Wildman–Crippen LogP) is 4.04. The molecule has 0 bridgehead atoms. The summed E-state index contributed by atoms with van der Waals surface area (Å²) < 4.78 is 5.27. The van der Waals surface area contributed by atoms with Gasteiger partial charge in [-0.05, 0) is 18.9 Å². The number of carbonyl (C=O) groups excluding carboxylic acids is 2. The molecule has 126 valence electrons. The summed E-state index contributed by atoms with van der Waals surface area (Å²) >= 11 is 7.86. The first-order valence-corrected chi connectivity index (χ1v) is 9.36. The Morgan fingerprint density at radius 2 is 2.04 bits per heavy atom. The number of esters is 1. The van der Waals surface area contributed by atoms with Crippen LogP contribution >= 0.6 is 23.4 Å². The monoisotopic (exact) mass is 355 g/mol. The Morgan fingerprint density at radius 3 is 2.70 bits per heavy atom. The average molecular weight is 356 g/mol. The van der Waals surface area contributed by atoms with Crippen molar-refractivity contribution in [1.29, 1.82) is 0 Å². The Balaban J connectivity index is 2.27. The minimum Gasteiger partial charge on any atom is -0.464 e. The number of carbonyl (C=O) groups is 2. The fourth-order valence-corrected chi connectivity index (χ4v) is 4.32. The maximum absolute atomic E-state index is 12.6. The average Bonchev–Trinajstić information content (AvgIpc) is 2.98. The molecule has 0 N–H and O–H groups in total. The number of thioether (sulfide) groups is 1. The van der Waals surface area contributed by atoms with Crippen LogP contribution in [0.15, 0.2) is 24.3 Å². The van der Waals surface area contributed by atoms with Gasteiger partial charge in [-0.1, -0.05) is 43.6 Å². The number of nitrogens with zero attached hydrogens (tertiary/aromatic N) is 1. The van der Waals surface area contributed by atoms with E-state index >= 15 is 0 Å². The molecular weight excluding hydrogens is 334 g/mol. The molecule has 1 fully saturated rings. The normalized spacial score (nSPS) is 20.6. The molecule has 0 unspecified atom stereocenters. The molecule has 23 heavy (non-hydrogen) atoms. The van der Waals surface area contributed by atoms with Gasteiger partial charge in [0.1, 0.15) is 11.4 Å². The fraction of sp³-hybridized carbons (Fsp3) is 0.529. The Kier molecular flexibility index (Phi) is 6.78. The van der Waals surface area contributed by atoms with Crippen molar-refractivity contribution in [2.75, 3.05) is 12.4 Å². The summed E-state index contributed by atoms with van der Waals surface area (Å²) in [6.07, 6.45) is 1.92. The zero-order valence-electron chi connectivity index (χ0n) is 13.5. The van der Waals surface area contributed by atoms with E-state index in [0.717, 1.165) is 18.4 Å². The van der Waals surface area contributed by atoms with Crippen molar-refractivity contribution >= 4 is 35.2 Å². The van der Waals surface area contributed by atoms with Crippen molar-refractivity contribution in [3.8, 4) is 0 Å². The third-order valence-electron chi connectivity index (χ3n) is 3.64. The molecule has 1 aromatic carbocycles. The van der Waals surface area contributed by atoms with Crippen molar-refractivity contribution in [1.82, 2.24) is 4.90 Å². The zero-order chi connectivity index (χ0) is 16.8. The molecule has 2 atom stereocenters. The summed E-state index contributed by atoms with van der Waals surface area (Å²) in [7, 11) is 0. The van der Waals surface area contributed by atoms with Gasteiger partial charge in [0.15, 0.2) is 0 Å². The lowest BCUT2D eigenvalue weighted by Gasteiger charge is -2.29. The van der Waals surface area contributed by atoms with Gasteiger partial charge in [0, 0.05) is 22.8 Å². The van der Waals surface area contributed by atoms with Crippen LogP contribution in [0.25, 0.3) is 0 Å². The number of hydrogen-bond acceptors (Lipinski definition) is 4. The fourth-order valence-electron chi connectivity index (χ4n) is 2.55. The maximum atomic E-state index is 12.6. The first-order chi connectivity index (χ1) is 11.1. The van der Waals surface area contributed by atoms with Crippen molar-refractivity contribution in [2.45, 2.75) is 44.5 Å². The number of halogens is 1. The molecule has 4 nitrogen and oxygen atoms in total. The van der Waals surface area contributed by atoms with Crippen LogP contribution in [0.3, 0.4) is 0 Å². The zero-order valence-corrected chi connectivity index (χ0v) is 15.0. The van der Waals surface area contributed by atoms with Crippen LogP contribution < -0.4 is 0 Å². The predicted molar refractivity (Wildman–Crippen MR) is 93.4 cm³/mol. The van der Waals surface area contributed by atoms with E-state index in [2.05, 4.69) is 0 Å². The molecule has 1 saturated heterocycles. The van der Waals surface area contributed by atoms with Gasteiger partial charge in [-0.25, -0.2) is 4.79 Å². The first kappa shape index (κ1) is 18.1. The maximum Gasteiger partial charge on any atom is 0.329 e. The smallest absolute Gasteiger partial charge is 0.329 e. The van der Waals surface area contributed by atoms with Gasteiger partial charge in [-0.3, -0.25) is 4.79 Å². The lowest BCUT2D eigenvalue weighted by Crippen LogP contribution is -2.43. The van der Waals surface area contributed by atoms with E-state index in [-0.39, 0.29) is 17.3 Å². The van der Waals surface area contributed by atoms with E-state index in [1.165, 1.54) is 0 Å². The molecule has 1 heterocycles. The Hall–Kier alpha value is -1.20. The van der Waals surface area contributed by atoms with Crippen LogP contribution in [0.1, 0.15) is 44.0 Å². The largest absolute Gasteiger partial charge is 0.464 e. The third kappa shape index (κ3) is 4.21. The van der Waals surface area contributed by atoms with Crippen LogP contribution in [0.2, 0.25) is 5.02 Å². The summed E-state index contributed by atoms with van der Waals surface area (Å²) in [5, 5.41) is 0.379. The van der Waals surface area contributed by atoms with Gasteiger partial charge in [0.05, 0.1) is 6.61 Å². The minimum atomic E-state index is -0.535. The SMILES string of the molecule is CCCOC(=O)[C@@H]1CS[C@@H](c2ccccc2Cl)N1C(=O)CCC. The van der Waals surface area contributed by atoms with Gasteiger partial charge < -0.3 is 9.64 Å². The highest BCUT2D eigenvalue weighted by Crippen LogP contribution is 2.44. The van der Waals surface area contributed by atoms with Crippen molar-refractivity contribution in [3.05, 3.63) is 34.9 Å². The number of hydrogen-bond donors (Lipinski definition) is 0. The van der Waals surface area contributed by atoms with Crippen molar-refractivity contribution in [2.24, 2.45) is 0 Å². The highest BCUT2D eigenvalue weighted by atomic mass is 35.5. The molecule has 0 spiro atoms. The molecule has 1 amide bonds. The second-order valence-electron chi connectivity index (χ2n) is 5.44. The summed E-state index contributed by atoms with van der Waals surface area (Å²) in [4.78, 5) is 26.6. The molecule has 6 heteroatoms. The van der Waals surface area contributed by atoms with E-state index in [1.807, 2.05) is 38.1 Å². The number of rotatable bonds is 6. The summed E-state index contributed by atoms with van der Waals surface area (Å²) in [6, 6.07) is 6.94. The van der Waals surface area contributed by atoms with Crippen LogP contribution in [-0.2, 0) is 14.3 Å². The Bertz CT molecular complexity index is 567. The van der Waals surface area contributed by atoms with E-state index < -0.39 is 6.04 Å². The summed E-state index contributed by atoms with van der Waals surface area (Å²) in [5.41, 5.74) is 0.870. The molecule has 0 aliphatic carbocycles. The molecule has 1 aromatic rings. The molecule has 1 aliphatic heterocycles. The highest BCUT2D eigenvalue weighted by Gasteiger charge is 2.43. The topological polar surface area (TPSA) is 46.6 Å². The second kappa shape index (κ2) is 8.60. The number of ether oxygens (including phenoxy) is 1. The lowest BCUT2D eigenvalue weighted by molar-refractivity contribution is -0.154. The summed E-state index contributed by atoms with van der Waals surface area (Å²) in [6.45, 7) is 4.28. The van der Waals surface area contributed by atoms with Gasteiger partial charge in [-0.2, -0.15) is 0 Å². The third-order valence-corrected chi connectivity index (χ3v) is 5.29. The summed E-state index contributed by atoms with van der Waals surface area (Å²) in [5.74, 6) is 0.188. The van der Waals surface area contributed by atoms with E-state index in [0.29, 0.717) is 23.8 Å². The van der Waals surface area contributed by atoms with E-state index in [4.69, 9.17) is 16.3 Å². The van der Waals surface area contributed by atoms with E-state index in [1.54, 1.807) is 16.7 Å². The quantitative estimate of drug-likeness (QED) is 0.722. The number of amides is 1. The van der Waals surface area contributed by atoms with Gasteiger partial charge >= 0.3 is 5.97 Å².